The van der Waals surface area contributed by atoms with Crippen molar-refractivity contribution in [2.24, 2.45) is 5.41 Å². The van der Waals surface area contributed by atoms with Gasteiger partial charge in [-0.05, 0) is 50.5 Å². The van der Waals surface area contributed by atoms with Gasteiger partial charge < -0.3 is 11.1 Å². The van der Waals surface area contributed by atoms with E-state index in [-0.39, 0.29) is 5.95 Å². The number of nitrogen functional groups attached to an aromatic ring is 1. The minimum atomic E-state index is 0.276. The van der Waals surface area contributed by atoms with Crippen LogP contribution in [0.25, 0.3) is 11.0 Å². The van der Waals surface area contributed by atoms with Gasteiger partial charge in [0.1, 0.15) is 5.52 Å². The third-order valence-corrected chi connectivity index (χ3v) is 7.37. The number of aromatic nitrogens is 3. The molecule has 2 aliphatic heterocycles. The Hall–Kier alpha value is -2.77. The summed E-state index contributed by atoms with van der Waals surface area (Å²) >= 11 is 0. The molecule has 0 atom stereocenters. The SMILES string of the molecule is CCCCNc1nc(N)nc2ccc(Cc3ccc(CN4CC5(C4)CN(C(C)(C)C)C5)cc3)nc12. The first-order chi connectivity index (χ1) is 16.7. The lowest BCUT2D eigenvalue weighted by atomic mass is 9.71. The molecule has 1 spiro atoms. The molecule has 2 aromatic heterocycles. The van der Waals surface area contributed by atoms with Crippen LogP contribution in [-0.2, 0) is 13.0 Å². The van der Waals surface area contributed by atoms with Crippen LogP contribution < -0.4 is 11.1 Å². The van der Waals surface area contributed by atoms with E-state index in [0.29, 0.717) is 11.0 Å². The van der Waals surface area contributed by atoms with E-state index >= 15 is 0 Å². The first-order valence-corrected chi connectivity index (χ1v) is 13.0. The molecule has 186 valence electrons. The molecule has 2 saturated heterocycles. The lowest BCUT2D eigenvalue weighted by molar-refractivity contribution is -0.147. The van der Waals surface area contributed by atoms with Gasteiger partial charge in [0.15, 0.2) is 5.82 Å². The van der Waals surface area contributed by atoms with Gasteiger partial charge in [-0.2, -0.15) is 4.98 Å². The van der Waals surface area contributed by atoms with E-state index in [4.69, 9.17) is 10.7 Å². The maximum atomic E-state index is 5.91. The maximum absolute atomic E-state index is 5.91. The van der Waals surface area contributed by atoms with Crippen molar-refractivity contribution in [3.05, 3.63) is 53.2 Å². The van der Waals surface area contributed by atoms with Crippen molar-refractivity contribution in [3.63, 3.8) is 0 Å². The van der Waals surface area contributed by atoms with Crippen molar-refractivity contribution in [1.82, 2.24) is 24.8 Å². The monoisotopic (exact) mass is 473 g/mol. The summed E-state index contributed by atoms with van der Waals surface area (Å²) in [5.74, 6) is 1.00. The predicted octanol–water partition coefficient (Wildman–Crippen LogP) is 4.33. The largest absolute Gasteiger partial charge is 0.368 e. The van der Waals surface area contributed by atoms with Crippen LogP contribution in [0.15, 0.2) is 36.4 Å². The first kappa shape index (κ1) is 23.9. The standard InChI is InChI=1S/C28H39N7/c1-5-6-13-30-25-24-23(32-26(29)33-25)12-11-22(31-24)14-20-7-9-21(10-8-20)15-34-16-28(17-34)18-35(19-28)27(2,3)4/h7-12H,5-6,13-19H2,1-4H3,(H3,29,30,32,33). The maximum Gasteiger partial charge on any atom is 0.222 e. The third kappa shape index (κ3) is 5.26. The number of nitrogens with two attached hydrogens (primary N) is 1. The van der Waals surface area contributed by atoms with Gasteiger partial charge in [-0.15, -0.1) is 0 Å². The summed E-state index contributed by atoms with van der Waals surface area (Å²) in [5, 5.41) is 3.38. The Bertz CT molecular complexity index is 1170. The molecule has 0 bridgehead atoms. The van der Waals surface area contributed by atoms with Gasteiger partial charge >= 0.3 is 0 Å². The predicted molar refractivity (Wildman–Crippen MR) is 143 cm³/mol. The molecule has 0 radical (unpaired) electrons. The Kier molecular flexibility index (Phi) is 6.40. The van der Waals surface area contributed by atoms with Crippen LogP contribution in [0.5, 0.6) is 0 Å². The van der Waals surface area contributed by atoms with Crippen LogP contribution in [0.2, 0.25) is 0 Å². The number of anilines is 2. The summed E-state index contributed by atoms with van der Waals surface area (Å²) in [6, 6.07) is 13.0. The van der Waals surface area contributed by atoms with Crippen molar-refractivity contribution in [1.29, 1.82) is 0 Å². The summed E-state index contributed by atoms with van der Waals surface area (Å²) in [6.07, 6.45) is 2.98. The lowest BCUT2D eigenvalue weighted by Gasteiger charge is -2.63. The van der Waals surface area contributed by atoms with Gasteiger partial charge in [0.25, 0.3) is 0 Å². The quantitative estimate of drug-likeness (QED) is 0.471. The van der Waals surface area contributed by atoms with Crippen molar-refractivity contribution in [3.8, 4) is 0 Å². The molecular formula is C28H39N7. The van der Waals surface area contributed by atoms with E-state index < -0.39 is 0 Å². The molecular weight excluding hydrogens is 434 g/mol. The first-order valence-electron chi connectivity index (χ1n) is 13.0. The number of benzene rings is 1. The van der Waals surface area contributed by atoms with Crippen molar-refractivity contribution in [2.45, 2.75) is 59.0 Å². The summed E-state index contributed by atoms with van der Waals surface area (Å²) in [7, 11) is 0. The molecule has 0 unspecified atom stereocenters. The molecule has 2 aliphatic rings. The van der Waals surface area contributed by atoms with E-state index in [0.717, 1.165) is 54.9 Å². The third-order valence-electron chi connectivity index (χ3n) is 7.37. The summed E-state index contributed by atoms with van der Waals surface area (Å²) < 4.78 is 0. The molecule has 3 aromatic rings. The Labute approximate surface area is 209 Å². The number of likely N-dealkylation sites (tertiary alicyclic amines) is 2. The van der Waals surface area contributed by atoms with E-state index in [1.807, 2.05) is 12.1 Å². The molecule has 35 heavy (non-hydrogen) atoms. The molecule has 0 amide bonds. The zero-order chi connectivity index (χ0) is 24.6. The number of nitrogens with one attached hydrogen (secondary N) is 1. The highest BCUT2D eigenvalue weighted by Gasteiger charge is 2.53. The fourth-order valence-corrected chi connectivity index (χ4v) is 5.36. The molecule has 7 heteroatoms. The highest BCUT2D eigenvalue weighted by molar-refractivity contribution is 5.86. The average Bonchev–Trinajstić information content (AvgIpc) is 2.75. The molecule has 1 aromatic carbocycles. The smallest absolute Gasteiger partial charge is 0.222 e. The van der Waals surface area contributed by atoms with Gasteiger partial charge in [-0.25, -0.2) is 9.97 Å². The minimum Gasteiger partial charge on any atom is -0.368 e. The Morgan fingerprint density at radius 1 is 0.943 bits per heavy atom. The van der Waals surface area contributed by atoms with Crippen molar-refractivity contribution in [2.75, 3.05) is 43.8 Å². The van der Waals surface area contributed by atoms with Crippen LogP contribution in [-0.4, -0.2) is 63.0 Å². The zero-order valence-corrected chi connectivity index (χ0v) is 21.6. The molecule has 7 nitrogen and oxygen atoms in total. The van der Waals surface area contributed by atoms with Crippen molar-refractivity contribution < 1.29 is 0 Å². The highest BCUT2D eigenvalue weighted by atomic mass is 15.3. The number of hydrogen-bond donors (Lipinski definition) is 2. The second kappa shape index (κ2) is 9.36. The fourth-order valence-electron chi connectivity index (χ4n) is 5.36. The number of pyridine rings is 1. The van der Waals surface area contributed by atoms with Gasteiger partial charge in [0.2, 0.25) is 5.95 Å². The van der Waals surface area contributed by atoms with E-state index in [1.165, 1.54) is 37.3 Å². The Morgan fingerprint density at radius 3 is 2.34 bits per heavy atom. The normalized spacial score (nSPS) is 17.9. The number of unbranched alkanes of at least 4 members (excludes halogenated alkanes) is 1. The molecule has 0 saturated carbocycles. The molecule has 5 rings (SSSR count). The molecule has 3 N–H and O–H groups in total. The fraction of sp³-hybridized carbons (Fsp3) is 0.536. The van der Waals surface area contributed by atoms with Crippen LogP contribution in [0, 0.1) is 5.41 Å². The average molecular weight is 474 g/mol. The molecule has 2 fully saturated rings. The minimum absolute atomic E-state index is 0.276. The van der Waals surface area contributed by atoms with Gasteiger partial charge in [-0.1, -0.05) is 37.6 Å². The van der Waals surface area contributed by atoms with Crippen LogP contribution >= 0.6 is 0 Å². The number of rotatable bonds is 8. The number of hydrogen-bond acceptors (Lipinski definition) is 7. The van der Waals surface area contributed by atoms with Crippen LogP contribution in [0.4, 0.5) is 11.8 Å². The van der Waals surface area contributed by atoms with Crippen LogP contribution in [0.1, 0.15) is 57.4 Å². The van der Waals surface area contributed by atoms with Crippen molar-refractivity contribution >= 4 is 22.8 Å². The van der Waals surface area contributed by atoms with Crippen LogP contribution in [0.3, 0.4) is 0 Å². The summed E-state index contributed by atoms with van der Waals surface area (Å²) in [4.78, 5) is 18.8. The number of fused-ring (bicyclic) bond motifs is 1. The second-order valence-electron chi connectivity index (χ2n) is 11.5. The van der Waals surface area contributed by atoms with Gasteiger partial charge in [-0.3, -0.25) is 9.80 Å². The molecule has 0 aliphatic carbocycles. The zero-order valence-electron chi connectivity index (χ0n) is 21.6. The van der Waals surface area contributed by atoms with E-state index in [2.05, 4.69) is 77.0 Å². The van der Waals surface area contributed by atoms with Gasteiger partial charge in [0.05, 0.1) is 5.52 Å². The Balaban J connectivity index is 1.19. The van der Waals surface area contributed by atoms with Gasteiger partial charge in [0, 0.05) is 62.3 Å². The second-order valence-corrected chi connectivity index (χ2v) is 11.5. The lowest BCUT2D eigenvalue weighted by Crippen LogP contribution is -2.74. The Morgan fingerprint density at radius 2 is 1.66 bits per heavy atom. The highest BCUT2D eigenvalue weighted by Crippen LogP contribution is 2.43. The van der Waals surface area contributed by atoms with E-state index in [9.17, 15) is 0 Å². The topological polar surface area (TPSA) is 83.2 Å². The number of nitrogens with zero attached hydrogens (tertiary/aromatic N) is 5. The molecule has 4 heterocycles. The van der Waals surface area contributed by atoms with E-state index in [1.54, 1.807) is 0 Å². The summed E-state index contributed by atoms with van der Waals surface area (Å²) in [6.45, 7) is 16.0. The summed E-state index contributed by atoms with van der Waals surface area (Å²) in [5.41, 5.74) is 12.0.